The molecule has 1 aliphatic rings. The highest BCUT2D eigenvalue weighted by Crippen LogP contribution is 2.14. The lowest BCUT2D eigenvalue weighted by Crippen LogP contribution is -2.42. The first-order valence-electron chi connectivity index (χ1n) is 7.74. The number of hydrogen-bond acceptors (Lipinski definition) is 4. The summed E-state index contributed by atoms with van der Waals surface area (Å²) in [5.41, 5.74) is 2.27. The summed E-state index contributed by atoms with van der Waals surface area (Å²) in [6.45, 7) is 3.05. The fraction of sp³-hybridized carbons (Fsp3) is 0.588. The first-order chi connectivity index (χ1) is 10.2. The van der Waals surface area contributed by atoms with Crippen LogP contribution in [-0.4, -0.2) is 44.2 Å². The monoisotopic (exact) mass is 290 g/mol. The van der Waals surface area contributed by atoms with Gasteiger partial charge in [-0.25, -0.2) is 0 Å². The van der Waals surface area contributed by atoms with E-state index in [9.17, 15) is 4.79 Å². The summed E-state index contributed by atoms with van der Waals surface area (Å²) in [6.07, 6.45) is 4.23. The Kier molecular flexibility index (Phi) is 6.21. The molecule has 21 heavy (non-hydrogen) atoms. The number of ether oxygens (including phenoxy) is 1. The summed E-state index contributed by atoms with van der Waals surface area (Å²) in [7, 11) is 3.58. The second-order valence-corrected chi connectivity index (χ2v) is 5.87. The molecule has 1 saturated heterocycles. The number of nitrogens with zero attached hydrogens (tertiary/aromatic N) is 1. The molecule has 0 amide bonds. The molecule has 1 aliphatic heterocycles. The average Bonchev–Trinajstić information content (AvgIpc) is 2.50. The van der Waals surface area contributed by atoms with E-state index in [2.05, 4.69) is 23.3 Å². The molecule has 1 unspecified atom stereocenters. The van der Waals surface area contributed by atoms with Crippen molar-refractivity contribution in [2.75, 3.05) is 27.2 Å². The molecule has 4 nitrogen and oxygen atoms in total. The van der Waals surface area contributed by atoms with Crippen molar-refractivity contribution in [3.8, 4) is 0 Å². The predicted octanol–water partition coefficient (Wildman–Crippen LogP) is 1.98. The van der Waals surface area contributed by atoms with Gasteiger partial charge in [0.05, 0.1) is 13.5 Å². The first-order valence-corrected chi connectivity index (χ1v) is 7.74. The SMILES string of the molecule is COC(=O)Cc1ccccc1CN(C)CC1CCCCN1. The molecule has 1 fully saturated rings. The number of carbonyl (C=O) groups is 1. The lowest BCUT2D eigenvalue weighted by molar-refractivity contribution is -0.139. The lowest BCUT2D eigenvalue weighted by atomic mass is 10.0. The van der Waals surface area contributed by atoms with Gasteiger partial charge in [-0.15, -0.1) is 0 Å². The Bertz CT molecular complexity index is 456. The third kappa shape index (κ3) is 5.14. The minimum atomic E-state index is -0.181. The van der Waals surface area contributed by atoms with Gasteiger partial charge in [0, 0.05) is 19.1 Å². The number of carbonyl (C=O) groups excluding carboxylic acids is 1. The topological polar surface area (TPSA) is 41.6 Å². The van der Waals surface area contributed by atoms with Crippen molar-refractivity contribution in [3.05, 3.63) is 35.4 Å². The minimum Gasteiger partial charge on any atom is -0.469 e. The van der Waals surface area contributed by atoms with Gasteiger partial charge in [-0.05, 0) is 37.6 Å². The van der Waals surface area contributed by atoms with E-state index in [1.165, 1.54) is 31.9 Å². The van der Waals surface area contributed by atoms with Gasteiger partial charge in [0.1, 0.15) is 0 Å². The van der Waals surface area contributed by atoms with Gasteiger partial charge in [-0.1, -0.05) is 30.7 Å². The third-order valence-electron chi connectivity index (χ3n) is 4.07. The number of benzene rings is 1. The highest BCUT2D eigenvalue weighted by molar-refractivity contribution is 5.72. The van der Waals surface area contributed by atoms with Crippen LogP contribution in [0.1, 0.15) is 30.4 Å². The Morgan fingerprint density at radius 1 is 1.33 bits per heavy atom. The number of hydrogen-bond donors (Lipinski definition) is 1. The largest absolute Gasteiger partial charge is 0.469 e. The molecule has 1 atom stereocenters. The molecule has 2 rings (SSSR count). The van der Waals surface area contributed by atoms with E-state index < -0.39 is 0 Å². The predicted molar refractivity (Wildman–Crippen MR) is 84.1 cm³/mol. The summed E-state index contributed by atoms with van der Waals surface area (Å²) in [5, 5.41) is 3.58. The average molecular weight is 290 g/mol. The summed E-state index contributed by atoms with van der Waals surface area (Å²) in [4.78, 5) is 13.8. The molecule has 0 bridgehead atoms. The van der Waals surface area contributed by atoms with Crippen LogP contribution < -0.4 is 5.32 Å². The summed E-state index contributed by atoms with van der Waals surface area (Å²) >= 11 is 0. The fourth-order valence-electron chi connectivity index (χ4n) is 2.92. The third-order valence-corrected chi connectivity index (χ3v) is 4.07. The standard InChI is InChI=1S/C17H26N2O2/c1-19(13-16-9-5-6-10-18-16)12-15-8-4-3-7-14(15)11-17(20)21-2/h3-4,7-8,16,18H,5-6,9-13H2,1-2H3. The zero-order chi connectivity index (χ0) is 15.1. The number of rotatable bonds is 6. The van der Waals surface area contributed by atoms with Crippen LogP contribution in [0.3, 0.4) is 0 Å². The smallest absolute Gasteiger partial charge is 0.309 e. The number of esters is 1. The second kappa shape index (κ2) is 8.15. The van der Waals surface area contributed by atoms with Crippen molar-refractivity contribution in [2.24, 2.45) is 0 Å². The molecule has 0 spiro atoms. The Labute approximate surface area is 127 Å². The molecule has 0 aromatic heterocycles. The van der Waals surface area contributed by atoms with Crippen molar-refractivity contribution >= 4 is 5.97 Å². The molecule has 4 heteroatoms. The van der Waals surface area contributed by atoms with Crippen LogP contribution >= 0.6 is 0 Å². The zero-order valence-corrected chi connectivity index (χ0v) is 13.1. The van der Waals surface area contributed by atoms with Crippen molar-refractivity contribution in [3.63, 3.8) is 0 Å². The maximum absolute atomic E-state index is 11.5. The van der Waals surface area contributed by atoms with Gasteiger partial charge in [-0.3, -0.25) is 4.79 Å². The van der Waals surface area contributed by atoms with Gasteiger partial charge >= 0.3 is 5.97 Å². The van der Waals surface area contributed by atoms with E-state index in [0.717, 1.165) is 25.2 Å². The molecular weight excluding hydrogens is 264 g/mol. The van der Waals surface area contributed by atoms with Crippen LogP contribution in [0.4, 0.5) is 0 Å². The number of nitrogens with one attached hydrogen (secondary N) is 1. The van der Waals surface area contributed by atoms with Crippen LogP contribution in [0.15, 0.2) is 24.3 Å². The minimum absolute atomic E-state index is 0.181. The van der Waals surface area contributed by atoms with Gasteiger partial charge in [0.15, 0.2) is 0 Å². The Hall–Kier alpha value is -1.39. The van der Waals surface area contributed by atoms with Gasteiger partial charge in [0.2, 0.25) is 0 Å². The van der Waals surface area contributed by atoms with E-state index in [1.54, 1.807) is 0 Å². The van der Waals surface area contributed by atoms with Crippen molar-refractivity contribution in [1.29, 1.82) is 0 Å². The van der Waals surface area contributed by atoms with E-state index in [1.807, 2.05) is 18.2 Å². The van der Waals surface area contributed by atoms with Crippen molar-refractivity contribution in [2.45, 2.75) is 38.3 Å². The van der Waals surface area contributed by atoms with E-state index in [0.29, 0.717) is 12.5 Å². The summed E-state index contributed by atoms with van der Waals surface area (Å²) in [5.74, 6) is -0.181. The number of likely N-dealkylation sites (N-methyl/N-ethyl adjacent to an activating group) is 1. The van der Waals surface area contributed by atoms with Crippen LogP contribution in [0, 0.1) is 0 Å². The molecule has 116 valence electrons. The van der Waals surface area contributed by atoms with Gasteiger partial charge < -0.3 is 15.0 Å². The molecule has 0 radical (unpaired) electrons. The maximum Gasteiger partial charge on any atom is 0.309 e. The number of piperidine rings is 1. The Morgan fingerprint density at radius 2 is 2.10 bits per heavy atom. The molecule has 1 aromatic carbocycles. The normalized spacial score (nSPS) is 18.7. The van der Waals surface area contributed by atoms with Crippen LogP contribution in [0.25, 0.3) is 0 Å². The molecule has 0 aliphatic carbocycles. The molecule has 1 heterocycles. The molecule has 1 aromatic rings. The Balaban J connectivity index is 1.93. The van der Waals surface area contributed by atoms with Crippen molar-refractivity contribution < 1.29 is 9.53 Å². The van der Waals surface area contributed by atoms with Crippen LogP contribution in [0.5, 0.6) is 0 Å². The summed E-state index contributed by atoms with van der Waals surface area (Å²) < 4.78 is 4.77. The fourth-order valence-corrected chi connectivity index (χ4v) is 2.92. The Morgan fingerprint density at radius 3 is 2.76 bits per heavy atom. The highest BCUT2D eigenvalue weighted by atomic mass is 16.5. The van der Waals surface area contributed by atoms with E-state index >= 15 is 0 Å². The zero-order valence-electron chi connectivity index (χ0n) is 13.1. The maximum atomic E-state index is 11.5. The number of methoxy groups -OCH3 is 1. The van der Waals surface area contributed by atoms with E-state index in [-0.39, 0.29) is 5.97 Å². The van der Waals surface area contributed by atoms with Crippen LogP contribution in [-0.2, 0) is 22.5 Å². The van der Waals surface area contributed by atoms with Crippen molar-refractivity contribution in [1.82, 2.24) is 10.2 Å². The lowest BCUT2D eigenvalue weighted by Gasteiger charge is -2.28. The van der Waals surface area contributed by atoms with Crippen LogP contribution in [0.2, 0.25) is 0 Å². The molecule has 0 saturated carbocycles. The molecule has 1 N–H and O–H groups in total. The molecular formula is C17H26N2O2. The quantitative estimate of drug-likeness (QED) is 0.813. The highest BCUT2D eigenvalue weighted by Gasteiger charge is 2.15. The summed E-state index contributed by atoms with van der Waals surface area (Å²) in [6, 6.07) is 8.71. The van der Waals surface area contributed by atoms with E-state index in [4.69, 9.17) is 4.74 Å². The van der Waals surface area contributed by atoms with Gasteiger partial charge in [0.25, 0.3) is 0 Å². The van der Waals surface area contributed by atoms with Gasteiger partial charge in [-0.2, -0.15) is 0 Å². The first kappa shape index (κ1) is 16.0. The second-order valence-electron chi connectivity index (χ2n) is 5.87.